The fraction of sp³-hybridized carbons (Fsp3) is 0.933. The number of piperidine rings is 1. The number of rotatable bonds is 8. The first-order valence-electron chi connectivity index (χ1n) is 7.85. The van der Waals surface area contributed by atoms with Crippen LogP contribution in [0.4, 0.5) is 0 Å². The maximum atomic E-state index is 12.0. The molecule has 0 aromatic rings. The summed E-state index contributed by atoms with van der Waals surface area (Å²) in [7, 11) is 0. The van der Waals surface area contributed by atoms with E-state index in [2.05, 4.69) is 36.3 Å². The van der Waals surface area contributed by atoms with E-state index in [-0.39, 0.29) is 5.91 Å². The minimum absolute atomic E-state index is 0.180. The van der Waals surface area contributed by atoms with Gasteiger partial charge in [0, 0.05) is 19.1 Å². The maximum absolute atomic E-state index is 12.0. The lowest BCUT2D eigenvalue weighted by Crippen LogP contribution is -2.49. The smallest absolute Gasteiger partial charge is 0.234 e. The predicted octanol–water partition coefficient (Wildman–Crippen LogP) is 1.61. The van der Waals surface area contributed by atoms with Gasteiger partial charge >= 0.3 is 0 Å². The van der Waals surface area contributed by atoms with E-state index < -0.39 is 0 Å². The quantitative estimate of drug-likeness (QED) is 0.704. The molecule has 0 aromatic heterocycles. The molecule has 1 aliphatic heterocycles. The molecule has 4 nitrogen and oxygen atoms in total. The monoisotopic (exact) mass is 269 g/mol. The van der Waals surface area contributed by atoms with E-state index in [1.54, 1.807) is 0 Å². The van der Waals surface area contributed by atoms with Crippen molar-refractivity contribution in [1.82, 2.24) is 15.5 Å². The number of nitrogens with zero attached hydrogens (tertiary/aromatic N) is 1. The molecule has 0 aliphatic carbocycles. The van der Waals surface area contributed by atoms with Gasteiger partial charge in [0.1, 0.15) is 0 Å². The number of hydrogen-bond donors (Lipinski definition) is 2. The molecule has 1 saturated heterocycles. The van der Waals surface area contributed by atoms with Crippen molar-refractivity contribution in [3.05, 3.63) is 0 Å². The molecule has 0 radical (unpaired) electrons. The van der Waals surface area contributed by atoms with Crippen LogP contribution in [0.3, 0.4) is 0 Å². The fourth-order valence-electron chi connectivity index (χ4n) is 2.56. The van der Waals surface area contributed by atoms with Gasteiger partial charge in [-0.3, -0.25) is 9.69 Å². The standard InChI is InChI=1S/C15H31N3O/c1-4-10-18(14-6-5-8-16-11-14)12-15(19)17-9-7-13(2)3/h13-14,16H,4-12H2,1-3H3,(H,17,19). The number of hydrogen-bond acceptors (Lipinski definition) is 3. The van der Waals surface area contributed by atoms with Gasteiger partial charge in [-0.25, -0.2) is 0 Å². The van der Waals surface area contributed by atoms with Crippen LogP contribution >= 0.6 is 0 Å². The first-order chi connectivity index (χ1) is 9.13. The molecule has 4 heteroatoms. The number of amides is 1. The molecule has 1 atom stereocenters. The molecule has 1 fully saturated rings. The van der Waals surface area contributed by atoms with Crippen molar-refractivity contribution >= 4 is 5.91 Å². The number of carbonyl (C=O) groups is 1. The summed E-state index contributed by atoms with van der Waals surface area (Å²) >= 11 is 0. The molecule has 1 aliphatic rings. The van der Waals surface area contributed by atoms with Crippen molar-refractivity contribution < 1.29 is 4.79 Å². The van der Waals surface area contributed by atoms with Crippen LogP contribution < -0.4 is 10.6 Å². The summed E-state index contributed by atoms with van der Waals surface area (Å²) in [5.74, 6) is 0.828. The maximum Gasteiger partial charge on any atom is 0.234 e. The zero-order chi connectivity index (χ0) is 14.1. The van der Waals surface area contributed by atoms with Gasteiger partial charge in [-0.15, -0.1) is 0 Å². The Hall–Kier alpha value is -0.610. The van der Waals surface area contributed by atoms with Gasteiger partial charge in [0.2, 0.25) is 5.91 Å². The van der Waals surface area contributed by atoms with Gasteiger partial charge in [-0.05, 0) is 44.7 Å². The third-order valence-corrected chi connectivity index (χ3v) is 3.69. The van der Waals surface area contributed by atoms with E-state index in [0.717, 1.165) is 39.0 Å². The Morgan fingerprint density at radius 1 is 1.47 bits per heavy atom. The zero-order valence-electron chi connectivity index (χ0n) is 12.9. The minimum atomic E-state index is 0.180. The summed E-state index contributed by atoms with van der Waals surface area (Å²) in [6, 6.07) is 0.532. The van der Waals surface area contributed by atoms with Crippen LogP contribution in [0.2, 0.25) is 0 Å². The molecular weight excluding hydrogens is 238 g/mol. The molecule has 1 heterocycles. The Labute approximate surface area is 118 Å². The van der Waals surface area contributed by atoms with Crippen LogP contribution in [-0.4, -0.2) is 49.6 Å². The molecule has 112 valence electrons. The first kappa shape index (κ1) is 16.4. The highest BCUT2D eigenvalue weighted by molar-refractivity contribution is 5.78. The molecule has 0 bridgehead atoms. The van der Waals surface area contributed by atoms with Crippen LogP contribution in [0.15, 0.2) is 0 Å². The second-order valence-corrected chi connectivity index (χ2v) is 6.00. The molecule has 2 N–H and O–H groups in total. The first-order valence-corrected chi connectivity index (χ1v) is 7.85. The zero-order valence-corrected chi connectivity index (χ0v) is 12.9. The van der Waals surface area contributed by atoms with Crippen LogP contribution in [0, 0.1) is 5.92 Å². The lowest BCUT2D eigenvalue weighted by molar-refractivity contribution is -0.122. The molecule has 1 unspecified atom stereocenters. The van der Waals surface area contributed by atoms with Gasteiger partial charge in [-0.2, -0.15) is 0 Å². The van der Waals surface area contributed by atoms with Gasteiger partial charge in [0.05, 0.1) is 6.54 Å². The van der Waals surface area contributed by atoms with E-state index in [1.807, 2.05) is 0 Å². The molecule has 19 heavy (non-hydrogen) atoms. The van der Waals surface area contributed by atoms with Crippen LogP contribution in [0.25, 0.3) is 0 Å². The predicted molar refractivity (Wildman–Crippen MR) is 80.2 cm³/mol. The van der Waals surface area contributed by atoms with Crippen LogP contribution in [0.1, 0.15) is 46.5 Å². The van der Waals surface area contributed by atoms with Crippen molar-refractivity contribution in [2.24, 2.45) is 5.92 Å². The summed E-state index contributed by atoms with van der Waals surface area (Å²) in [5.41, 5.74) is 0. The third kappa shape index (κ3) is 6.92. The lowest BCUT2D eigenvalue weighted by atomic mass is 10.1. The van der Waals surface area contributed by atoms with E-state index in [0.29, 0.717) is 18.5 Å². The van der Waals surface area contributed by atoms with Crippen LogP contribution in [-0.2, 0) is 4.79 Å². The molecule has 0 spiro atoms. The summed E-state index contributed by atoms with van der Waals surface area (Å²) < 4.78 is 0. The number of nitrogens with one attached hydrogen (secondary N) is 2. The van der Waals surface area contributed by atoms with E-state index in [9.17, 15) is 4.79 Å². The Morgan fingerprint density at radius 2 is 2.26 bits per heavy atom. The van der Waals surface area contributed by atoms with Crippen LogP contribution in [0.5, 0.6) is 0 Å². The van der Waals surface area contributed by atoms with Crippen molar-refractivity contribution in [3.8, 4) is 0 Å². The summed E-state index contributed by atoms with van der Waals surface area (Å²) in [5, 5.41) is 6.47. The highest BCUT2D eigenvalue weighted by Crippen LogP contribution is 2.10. The molecule has 0 aromatic carbocycles. The summed E-state index contributed by atoms with van der Waals surface area (Å²) in [4.78, 5) is 14.3. The molecular formula is C15H31N3O. The second-order valence-electron chi connectivity index (χ2n) is 6.00. The van der Waals surface area contributed by atoms with E-state index in [1.165, 1.54) is 12.8 Å². The highest BCUT2D eigenvalue weighted by Gasteiger charge is 2.21. The van der Waals surface area contributed by atoms with E-state index >= 15 is 0 Å². The van der Waals surface area contributed by atoms with Gasteiger partial charge < -0.3 is 10.6 Å². The average Bonchev–Trinajstić information content (AvgIpc) is 2.39. The van der Waals surface area contributed by atoms with Crippen molar-refractivity contribution in [1.29, 1.82) is 0 Å². The van der Waals surface area contributed by atoms with Crippen molar-refractivity contribution in [2.45, 2.75) is 52.5 Å². The second kappa shape index (κ2) is 9.32. The SMILES string of the molecule is CCCN(CC(=O)NCCC(C)C)C1CCCNC1. The summed E-state index contributed by atoms with van der Waals surface area (Å²) in [6.07, 6.45) is 4.60. The van der Waals surface area contributed by atoms with Gasteiger partial charge in [0.25, 0.3) is 0 Å². The average molecular weight is 269 g/mol. The summed E-state index contributed by atoms with van der Waals surface area (Å²) in [6.45, 7) is 11.1. The normalized spacial score (nSPS) is 19.9. The van der Waals surface area contributed by atoms with Crippen molar-refractivity contribution in [3.63, 3.8) is 0 Å². The van der Waals surface area contributed by atoms with Crippen molar-refractivity contribution in [2.75, 3.05) is 32.7 Å². The Kier molecular flexibility index (Phi) is 8.07. The topological polar surface area (TPSA) is 44.4 Å². The largest absolute Gasteiger partial charge is 0.355 e. The minimum Gasteiger partial charge on any atom is -0.355 e. The third-order valence-electron chi connectivity index (χ3n) is 3.69. The highest BCUT2D eigenvalue weighted by atomic mass is 16.2. The number of carbonyl (C=O) groups excluding carboxylic acids is 1. The lowest BCUT2D eigenvalue weighted by Gasteiger charge is -2.34. The Morgan fingerprint density at radius 3 is 2.84 bits per heavy atom. The Balaban J connectivity index is 2.32. The van der Waals surface area contributed by atoms with Gasteiger partial charge in [0.15, 0.2) is 0 Å². The Bertz CT molecular complexity index is 250. The molecule has 0 saturated carbocycles. The van der Waals surface area contributed by atoms with E-state index in [4.69, 9.17) is 0 Å². The fourth-order valence-corrected chi connectivity index (χ4v) is 2.56. The molecule has 1 rings (SSSR count). The molecule has 1 amide bonds. The van der Waals surface area contributed by atoms with Gasteiger partial charge in [-0.1, -0.05) is 20.8 Å².